The molecule has 0 saturated carbocycles. The first-order valence-electron chi connectivity index (χ1n) is 6.31. The zero-order valence-electron chi connectivity index (χ0n) is 10.6. The van der Waals surface area contributed by atoms with E-state index in [9.17, 15) is 18.0 Å². The molecular weight excluding hydrogens is 272 g/mol. The highest BCUT2D eigenvalue weighted by molar-refractivity contribution is 7.91. The van der Waals surface area contributed by atoms with Crippen LogP contribution in [0.3, 0.4) is 0 Å². The molecule has 1 unspecified atom stereocenters. The Bertz CT molecular complexity index is 471. The van der Waals surface area contributed by atoms with E-state index in [1.807, 2.05) is 0 Å². The molecule has 2 aliphatic rings. The zero-order valence-corrected chi connectivity index (χ0v) is 11.4. The van der Waals surface area contributed by atoms with E-state index in [0.717, 1.165) is 19.5 Å². The van der Waals surface area contributed by atoms with Crippen molar-refractivity contribution >= 4 is 21.7 Å². The minimum atomic E-state index is -3.19. The Balaban J connectivity index is 1.99. The van der Waals surface area contributed by atoms with Crippen molar-refractivity contribution in [2.24, 2.45) is 0 Å². The van der Waals surface area contributed by atoms with E-state index in [4.69, 9.17) is 5.11 Å². The number of aliphatic carboxylic acids is 1. The van der Waals surface area contributed by atoms with Crippen LogP contribution in [0.15, 0.2) is 0 Å². The molecule has 1 atom stereocenters. The number of likely N-dealkylation sites (tertiary alicyclic amines) is 1. The summed E-state index contributed by atoms with van der Waals surface area (Å²) in [5, 5.41) is 8.84. The van der Waals surface area contributed by atoms with Gasteiger partial charge in [0.25, 0.3) is 0 Å². The normalized spacial score (nSPS) is 26.7. The van der Waals surface area contributed by atoms with Gasteiger partial charge in [-0.15, -0.1) is 0 Å². The van der Waals surface area contributed by atoms with E-state index in [1.54, 1.807) is 9.80 Å². The average molecular weight is 290 g/mol. The molecule has 7 nitrogen and oxygen atoms in total. The van der Waals surface area contributed by atoms with Gasteiger partial charge in [0, 0.05) is 25.7 Å². The van der Waals surface area contributed by atoms with Gasteiger partial charge in [0.1, 0.15) is 0 Å². The number of carboxylic acid groups (broad SMARTS) is 1. The van der Waals surface area contributed by atoms with E-state index in [0.29, 0.717) is 0 Å². The number of hydrogen-bond acceptors (Lipinski definition) is 5. The monoisotopic (exact) mass is 290 g/mol. The van der Waals surface area contributed by atoms with Gasteiger partial charge >= 0.3 is 5.97 Å². The van der Waals surface area contributed by atoms with Gasteiger partial charge in [-0.3, -0.25) is 14.5 Å². The number of carboxylic acids is 1. The maximum absolute atomic E-state index is 11.9. The number of sulfone groups is 1. The molecular formula is C11H18N2O5S. The van der Waals surface area contributed by atoms with Gasteiger partial charge in [-0.1, -0.05) is 0 Å². The predicted molar refractivity (Wildman–Crippen MR) is 67.5 cm³/mol. The average Bonchev–Trinajstić information content (AvgIpc) is 2.18. The fraction of sp³-hybridized carbons (Fsp3) is 0.818. The lowest BCUT2D eigenvalue weighted by atomic mass is 10.1. The van der Waals surface area contributed by atoms with Crippen LogP contribution in [-0.4, -0.2) is 78.9 Å². The molecule has 0 aliphatic carbocycles. The summed E-state index contributed by atoms with van der Waals surface area (Å²) in [5.41, 5.74) is 0. The van der Waals surface area contributed by atoms with Gasteiger partial charge in [-0.25, -0.2) is 8.42 Å². The van der Waals surface area contributed by atoms with Crippen molar-refractivity contribution in [3.05, 3.63) is 0 Å². The van der Waals surface area contributed by atoms with Crippen LogP contribution in [0.25, 0.3) is 0 Å². The number of nitrogens with zero attached hydrogens (tertiary/aromatic N) is 2. The molecule has 0 spiro atoms. The Morgan fingerprint density at radius 3 is 2.42 bits per heavy atom. The molecule has 8 heteroatoms. The summed E-state index contributed by atoms with van der Waals surface area (Å²) < 4.78 is 23.1. The van der Waals surface area contributed by atoms with Crippen molar-refractivity contribution in [2.75, 3.05) is 37.7 Å². The lowest BCUT2D eigenvalue weighted by molar-refractivity contribution is -0.141. The molecule has 1 N–H and O–H groups in total. The minimum absolute atomic E-state index is 0.00357. The number of carbonyl (C=O) groups excluding carboxylic acids is 1. The van der Waals surface area contributed by atoms with Crippen molar-refractivity contribution in [3.63, 3.8) is 0 Å². The molecule has 0 bridgehead atoms. The highest BCUT2D eigenvalue weighted by Gasteiger charge is 2.34. The maximum Gasteiger partial charge on any atom is 0.304 e. The Morgan fingerprint density at radius 1 is 1.21 bits per heavy atom. The van der Waals surface area contributed by atoms with Gasteiger partial charge in [0.15, 0.2) is 9.84 Å². The van der Waals surface area contributed by atoms with Gasteiger partial charge in [0.2, 0.25) is 5.91 Å². The van der Waals surface area contributed by atoms with E-state index in [2.05, 4.69) is 0 Å². The van der Waals surface area contributed by atoms with Gasteiger partial charge in [-0.2, -0.15) is 0 Å². The third kappa shape index (κ3) is 3.66. The van der Waals surface area contributed by atoms with Crippen molar-refractivity contribution < 1.29 is 23.1 Å². The van der Waals surface area contributed by atoms with Crippen LogP contribution in [0.1, 0.15) is 12.8 Å². The largest absolute Gasteiger partial charge is 0.481 e. The van der Waals surface area contributed by atoms with Crippen molar-refractivity contribution in [1.82, 2.24) is 9.80 Å². The quantitative estimate of drug-likeness (QED) is 0.698. The summed E-state index contributed by atoms with van der Waals surface area (Å²) in [6, 6.07) is -0.596. The molecule has 19 heavy (non-hydrogen) atoms. The second-order valence-electron chi connectivity index (χ2n) is 5.07. The number of amides is 1. The van der Waals surface area contributed by atoms with Crippen molar-refractivity contribution in [3.8, 4) is 0 Å². The summed E-state index contributed by atoms with van der Waals surface area (Å²) in [4.78, 5) is 26.1. The molecule has 0 aromatic carbocycles. The van der Waals surface area contributed by atoms with Crippen LogP contribution in [0, 0.1) is 0 Å². The summed E-state index contributed by atoms with van der Waals surface area (Å²) in [6.07, 6.45) is 0.755. The summed E-state index contributed by atoms with van der Waals surface area (Å²) >= 11 is 0. The molecule has 2 fully saturated rings. The van der Waals surface area contributed by atoms with Gasteiger partial charge in [-0.05, 0) is 6.42 Å². The van der Waals surface area contributed by atoms with Crippen LogP contribution in [0.4, 0.5) is 0 Å². The van der Waals surface area contributed by atoms with E-state index < -0.39 is 21.8 Å². The van der Waals surface area contributed by atoms with Gasteiger partial charge < -0.3 is 10.0 Å². The summed E-state index contributed by atoms with van der Waals surface area (Å²) in [5.74, 6) is -1.26. The molecule has 2 rings (SSSR count). The third-order valence-electron chi connectivity index (χ3n) is 3.61. The molecule has 1 amide bonds. The fourth-order valence-corrected chi connectivity index (χ4v) is 3.95. The molecule has 0 aromatic heterocycles. The predicted octanol–water partition coefficient (Wildman–Crippen LogP) is -1.21. The number of rotatable bonds is 4. The lowest BCUT2D eigenvalue weighted by Gasteiger charge is -2.37. The van der Waals surface area contributed by atoms with E-state index in [1.165, 1.54) is 0 Å². The SMILES string of the molecule is O=C(O)CC1CS(=O)(=O)CCN1CC(=O)N1CCC1. The Labute approximate surface area is 112 Å². The van der Waals surface area contributed by atoms with Crippen LogP contribution >= 0.6 is 0 Å². The summed E-state index contributed by atoms with van der Waals surface area (Å²) in [6.45, 7) is 1.84. The molecule has 2 heterocycles. The molecule has 0 aromatic rings. The molecule has 108 valence electrons. The Kier molecular flexibility index (Phi) is 4.10. The van der Waals surface area contributed by atoms with Gasteiger partial charge in [0.05, 0.1) is 24.5 Å². The Morgan fingerprint density at radius 2 is 1.89 bits per heavy atom. The molecule has 2 aliphatic heterocycles. The first-order valence-corrected chi connectivity index (χ1v) is 8.13. The van der Waals surface area contributed by atoms with Crippen molar-refractivity contribution in [1.29, 1.82) is 0 Å². The first kappa shape index (κ1) is 14.3. The standard InChI is InChI=1S/C11H18N2O5S/c14-10(12-2-1-3-12)7-13-4-5-19(17,18)8-9(13)6-11(15)16/h9H,1-8H2,(H,15,16). The smallest absolute Gasteiger partial charge is 0.304 e. The highest BCUT2D eigenvalue weighted by atomic mass is 32.2. The fourth-order valence-electron chi connectivity index (χ4n) is 2.36. The van der Waals surface area contributed by atoms with Crippen molar-refractivity contribution in [2.45, 2.75) is 18.9 Å². The zero-order chi connectivity index (χ0) is 14.0. The van der Waals surface area contributed by atoms with E-state index >= 15 is 0 Å². The highest BCUT2D eigenvalue weighted by Crippen LogP contribution is 2.16. The Hall–Kier alpha value is -1.15. The number of hydrogen-bond donors (Lipinski definition) is 1. The van der Waals surface area contributed by atoms with Crippen LogP contribution in [0.2, 0.25) is 0 Å². The van der Waals surface area contributed by atoms with Crippen LogP contribution in [0.5, 0.6) is 0 Å². The van der Waals surface area contributed by atoms with E-state index in [-0.39, 0.29) is 36.9 Å². The summed E-state index contributed by atoms with van der Waals surface area (Å²) in [7, 11) is -3.19. The second-order valence-corrected chi connectivity index (χ2v) is 7.30. The second kappa shape index (κ2) is 5.46. The molecule has 2 saturated heterocycles. The first-order chi connectivity index (χ1) is 8.87. The minimum Gasteiger partial charge on any atom is -0.481 e. The number of carbonyl (C=O) groups is 2. The topological polar surface area (TPSA) is 95.0 Å². The van der Waals surface area contributed by atoms with Crippen LogP contribution in [-0.2, 0) is 19.4 Å². The van der Waals surface area contributed by atoms with Crippen LogP contribution < -0.4 is 0 Å². The lowest BCUT2D eigenvalue weighted by Crippen LogP contribution is -2.54. The third-order valence-corrected chi connectivity index (χ3v) is 5.31. The molecule has 0 radical (unpaired) electrons. The maximum atomic E-state index is 11.9.